The summed E-state index contributed by atoms with van der Waals surface area (Å²) >= 11 is 0. The number of likely N-dealkylation sites (tertiary alicyclic amines) is 1. The number of methoxy groups -OCH3 is 1. The van der Waals surface area contributed by atoms with E-state index in [0.717, 1.165) is 12.8 Å². The number of nitrogens with zero attached hydrogens (tertiary/aromatic N) is 1. The van der Waals surface area contributed by atoms with Gasteiger partial charge < -0.3 is 15.0 Å². The van der Waals surface area contributed by atoms with Crippen LogP contribution < -0.4 is 5.32 Å². The fourth-order valence-electron chi connectivity index (χ4n) is 2.76. The van der Waals surface area contributed by atoms with Gasteiger partial charge in [0.1, 0.15) is 0 Å². The Balaban J connectivity index is 1.75. The lowest BCUT2D eigenvalue weighted by molar-refractivity contribution is -0.129. The number of benzene rings is 1. The smallest absolute Gasteiger partial charge is 0.225 e. The maximum absolute atomic E-state index is 12.1. The molecule has 1 aliphatic rings. The molecule has 1 N–H and O–H groups in total. The van der Waals surface area contributed by atoms with E-state index in [1.807, 2.05) is 0 Å². The monoisotopic (exact) mass is 318 g/mol. The second-order valence-corrected chi connectivity index (χ2v) is 6.11. The first-order chi connectivity index (χ1) is 11.1. The molecule has 23 heavy (non-hydrogen) atoms. The molecule has 0 saturated carbocycles. The number of aryl methyl sites for hydroxylation is 1. The van der Waals surface area contributed by atoms with Crippen LogP contribution in [0.3, 0.4) is 0 Å². The second-order valence-electron chi connectivity index (χ2n) is 6.11. The van der Waals surface area contributed by atoms with Crippen molar-refractivity contribution >= 4 is 11.8 Å². The van der Waals surface area contributed by atoms with Gasteiger partial charge in [-0.05, 0) is 25.3 Å². The van der Waals surface area contributed by atoms with Gasteiger partial charge in [0.25, 0.3) is 0 Å². The molecular formula is C18H26N2O3. The number of carbonyl (C=O) groups is 2. The van der Waals surface area contributed by atoms with Gasteiger partial charge in [-0.15, -0.1) is 0 Å². The Hall–Kier alpha value is -1.88. The molecule has 1 aromatic rings. The fourth-order valence-corrected chi connectivity index (χ4v) is 2.76. The molecule has 0 aromatic heterocycles. The molecule has 1 aromatic carbocycles. The van der Waals surface area contributed by atoms with Crippen LogP contribution in [-0.4, -0.2) is 50.1 Å². The van der Waals surface area contributed by atoms with Gasteiger partial charge in [0.05, 0.1) is 5.92 Å². The van der Waals surface area contributed by atoms with Crippen LogP contribution in [0.1, 0.15) is 24.0 Å². The molecule has 1 fully saturated rings. The van der Waals surface area contributed by atoms with Crippen LogP contribution in [0.15, 0.2) is 24.3 Å². The van der Waals surface area contributed by atoms with E-state index in [9.17, 15) is 9.59 Å². The highest BCUT2D eigenvalue weighted by atomic mass is 16.5. The third-order valence-electron chi connectivity index (χ3n) is 4.20. The first-order valence-corrected chi connectivity index (χ1v) is 8.20. The van der Waals surface area contributed by atoms with Crippen molar-refractivity contribution < 1.29 is 14.3 Å². The minimum absolute atomic E-state index is 0.0210. The number of hydrogen-bond donors (Lipinski definition) is 1. The largest absolute Gasteiger partial charge is 0.385 e. The fraction of sp³-hybridized carbons (Fsp3) is 0.556. The van der Waals surface area contributed by atoms with Gasteiger partial charge in [0.15, 0.2) is 0 Å². The third kappa shape index (κ3) is 5.36. The number of amides is 2. The molecule has 1 atom stereocenters. The Morgan fingerprint density at radius 3 is 2.78 bits per heavy atom. The van der Waals surface area contributed by atoms with Crippen molar-refractivity contribution in [3.63, 3.8) is 0 Å². The van der Waals surface area contributed by atoms with Crippen molar-refractivity contribution in [1.29, 1.82) is 0 Å². The predicted octanol–water partition coefficient (Wildman–Crippen LogP) is 1.54. The number of carbonyl (C=O) groups excluding carboxylic acids is 2. The zero-order valence-corrected chi connectivity index (χ0v) is 14.0. The van der Waals surface area contributed by atoms with Crippen LogP contribution in [0.2, 0.25) is 0 Å². The summed E-state index contributed by atoms with van der Waals surface area (Å²) in [5.74, 6) is -0.162. The van der Waals surface area contributed by atoms with Crippen LogP contribution in [0.4, 0.5) is 0 Å². The van der Waals surface area contributed by atoms with E-state index >= 15 is 0 Å². The normalized spacial score (nSPS) is 17.6. The molecule has 1 unspecified atom stereocenters. The summed E-state index contributed by atoms with van der Waals surface area (Å²) in [5, 5.41) is 2.88. The van der Waals surface area contributed by atoms with Gasteiger partial charge >= 0.3 is 0 Å². The molecule has 1 aliphatic heterocycles. The van der Waals surface area contributed by atoms with Crippen LogP contribution >= 0.6 is 0 Å². The second kappa shape index (κ2) is 8.67. The first kappa shape index (κ1) is 17.5. The predicted molar refractivity (Wildman–Crippen MR) is 89.1 cm³/mol. The Kier molecular flexibility index (Phi) is 6.59. The van der Waals surface area contributed by atoms with Crippen molar-refractivity contribution in [2.75, 3.05) is 33.4 Å². The van der Waals surface area contributed by atoms with Crippen LogP contribution in [0.5, 0.6) is 0 Å². The summed E-state index contributed by atoms with van der Waals surface area (Å²) in [6.07, 6.45) is 1.94. The number of ether oxygens (including phenoxy) is 1. The third-order valence-corrected chi connectivity index (χ3v) is 4.20. The van der Waals surface area contributed by atoms with E-state index in [2.05, 4.69) is 36.5 Å². The molecule has 1 heterocycles. The summed E-state index contributed by atoms with van der Waals surface area (Å²) in [6, 6.07) is 8.35. The average molecular weight is 318 g/mol. The number of rotatable bonds is 8. The van der Waals surface area contributed by atoms with Crippen LogP contribution in [0.25, 0.3) is 0 Å². The summed E-state index contributed by atoms with van der Waals surface area (Å²) in [7, 11) is 1.64. The highest BCUT2D eigenvalue weighted by molar-refractivity contribution is 5.89. The molecule has 2 amide bonds. The quantitative estimate of drug-likeness (QED) is 0.740. The van der Waals surface area contributed by atoms with E-state index < -0.39 is 0 Å². The Morgan fingerprint density at radius 1 is 1.35 bits per heavy atom. The van der Waals surface area contributed by atoms with E-state index in [0.29, 0.717) is 32.7 Å². The Bertz CT molecular complexity index is 528. The first-order valence-electron chi connectivity index (χ1n) is 8.20. The topological polar surface area (TPSA) is 58.6 Å². The van der Waals surface area contributed by atoms with Gasteiger partial charge in [0.2, 0.25) is 11.8 Å². The maximum Gasteiger partial charge on any atom is 0.225 e. The molecule has 126 valence electrons. The minimum atomic E-state index is -0.219. The molecule has 0 bridgehead atoms. The van der Waals surface area contributed by atoms with E-state index in [1.165, 1.54) is 11.1 Å². The van der Waals surface area contributed by atoms with Crippen molar-refractivity contribution in [2.24, 2.45) is 5.92 Å². The molecular weight excluding hydrogens is 292 g/mol. The lowest BCUT2D eigenvalue weighted by Gasteiger charge is -2.16. The summed E-state index contributed by atoms with van der Waals surface area (Å²) < 4.78 is 4.95. The lowest BCUT2D eigenvalue weighted by atomic mass is 10.1. The number of hydrogen-bond acceptors (Lipinski definition) is 3. The Morgan fingerprint density at radius 2 is 2.09 bits per heavy atom. The van der Waals surface area contributed by atoms with Gasteiger partial charge in [-0.25, -0.2) is 0 Å². The molecule has 0 spiro atoms. The Labute approximate surface area is 138 Å². The van der Waals surface area contributed by atoms with Gasteiger partial charge in [0, 0.05) is 39.8 Å². The van der Waals surface area contributed by atoms with Crippen LogP contribution in [0, 0.1) is 12.8 Å². The minimum Gasteiger partial charge on any atom is -0.385 e. The van der Waals surface area contributed by atoms with Crippen molar-refractivity contribution in [3.05, 3.63) is 35.4 Å². The average Bonchev–Trinajstić information content (AvgIpc) is 2.92. The summed E-state index contributed by atoms with van der Waals surface area (Å²) in [6.45, 7) is 4.49. The zero-order valence-electron chi connectivity index (χ0n) is 14.0. The van der Waals surface area contributed by atoms with Crippen molar-refractivity contribution in [2.45, 2.75) is 26.2 Å². The highest BCUT2D eigenvalue weighted by Gasteiger charge is 2.33. The van der Waals surface area contributed by atoms with Gasteiger partial charge in [-0.2, -0.15) is 0 Å². The van der Waals surface area contributed by atoms with E-state index in [-0.39, 0.29) is 17.7 Å². The van der Waals surface area contributed by atoms with Gasteiger partial charge in [-0.3, -0.25) is 9.59 Å². The highest BCUT2D eigenvalue weighted by Crippen LogP contribution is 2.18. The molecule has 5 heteroatoms. The van der Waals surface area contributed by atoms with Gasteiger partial charge in [-0.1, -0.05) is 29.8 Å². The molecule has 0 aliphatic carbocycles. The summed E-state index contributed by atoms with van der Waals surface area (Å²) in [4.78, 5) is 26.0. The summed E-state index contributed by atoms with van der Waals surface area (Å²) in [5.41, 5.74) is 2.45. The standard InChI is InChI=1S/C18H26N2O3/c1-14-4-6-15(7-5-14)8-10-20-13-16(12-17(20)21)18(22)19-9-3-11-23-2/h4-7,16H,3,8-13H2,1-2H3,(H,19,22). The SMILES string of the molecule is COCCCNC(=O)C1CC(=O)N(CCc2ccc(C)cc2)C1. The maximum atomic E-state index is 12.1. The number of nitrogens with one attached hydrogen (secondary N) is 1. The van der Waals surface area contributed by atoms with E-state index in [4.69, 9.17) is 4.74 Å². The molecule has 0 radical (unpaired) electrons. The van der Waals surface area contributed by atoms with Crippen molar-refractivity contribution in [3.8, 4) is 0 Å². The van der Waals surface area contributed by atoms with E-state index in [1.54, 1.807) is 12.0 Å². The molecule has 1 saturated heterocycles. The lowest BCUT2D eigenvalue weighted by Crippen LogP contribution is -2.34. The van der Waals surface area contributed by atoms with Crippen LogP contribution in [-0.2, 0) is 20.7 Å². The van der Waals surface area contributed by atoms with Crippen molar-refractivity contribution in [1.82, 2.24) is 10.2 Å². The molecule has 5 nitrogen and oxygen atoms in total. The zero-order chi connectivity index (χ0) is 16.7. The molecule has 2 rings (SSSR count).